The highest BCUT2D eigenvalue weighted by atomic mass is 16.5. The lowest BCUT2D eigenvalue weighted by atomic mass is 9.89. The van der Waals surface area contributed by atoms with E-state index in [9.17, 15) is 0 Å². The van der Waals surface area contributed by atoms with Crippen LogP contribution < -0.4 is 5.73 Å². The summed E-state index contributed by atoms with van der Waals surface area (Å²) < 4.78 is 7.70. The molecular weight excluding hydrogens is 226 g/mol. The second-order valence-corrected chi connectivity index (χ2v) is 5.24. The minimum absolute atomic E-state index is 0.178. The molecule has 1 aliphatic rings. The first-order chi connectivity index (χ1) is 8.65. The normalized spacial score (nSPS) is 25.6. The Hall–Kier alpha value is -0.870. The quantitative estimate of drug-likeness (QED) is 0.866. The van der Waals surface area contributed by atoms with Gasteiger partial charge in [0.1, 0.15) is 0 Å². The van der Waals surface area contributed by atoms with Gasteiger partial charge in [-0.3, -0.25) is 4.68 Å². The van der Waals surface area contributed by atoms with Gasteiger partial charge in [-0.25, -0.2) is 0 Å². The second kappa shape index (κ2) is 5.85. The van der Waals surface area contributed by atoms with Crippen molar-refractivity contribution in [3.05, 3.63) is 17.5 Å². The maximum absolute atomic E-state index is 6.38. The van der Waals surface area contributed by atoms with E-state index >= 15 is 0 Å². The van der Waals surface area contributed by atoms with Gasteiger partial charge in [0.25, 0.3) is 0 Å². The fraction of sp³-hybridized carbons (Fsp3) is 0.786. The van der Waals surface area contributed by atoms with Crippen molar-refractivity contribution in [3.8, 4) is 0 Å². The van der Waals surface area contributed by atoms with Crippen LogP contribution in [0.1, 0.15) is 38.1 Å². The van der Waals surface area contributed by atoms with Gasteiger partial charge in [0, 0.05) is 37.7 Å². The Bertz CT molecular complexity index is 388. The smallest absolute Gasteiger partial charge is 0.0624 e. The Kier molecular flexibility index (Phi) is 4.40. The fourth-order valence-electron chi connectivity index (χ4n) is 2.90. The van der Waals surface area contributed by atoms with Gasteiger partial charge < -0.3 is 10.5 Å². The van der Waals surface area contributed by atoms with Crippen LogP contribution in [-0.2, 0) is 24.6 Å². The molecule has 1 saturated heterocycles. The van der Waals surface area contributed by atoms with E-state index in [1.807, 2.05) is 11.7 Å². The number of rotatable bonds is 5. The second-order valence-electron chi connectivity index (χ2n) is 5.24. The molecule has 2 heterocycles. The highest BCUT2D eigenvalue weighted by Crippen LogP contribution is 2.27. The molecule has 18 heavy (non-hydrogen) atoms. The molecule has 1 aliphatic heterocycles. The van der Waals surface area contributed by atoms with Crippen molar-refractivity contribution in [2.75, 3.05) is 6.61 Å². The van der Waals surface area contributed by atoms with Gasteiger partial charge in [-0.1, -0.05) is 13.8 Å². The van der Waals surface area contributed by atoms with E-state index in [4.69, 9.17) is 10.5 Å². The molecule has 0 saturated carbocycles. The molecule has 102 valence electrons. The first-order valence-corrected chi connectivity index (χ1v) is 7.04. The van der Waals surface area contributed by atoms with Crippen molar-refractivity contribution >= 4 is 0 Å². The molecule has 1 fully saturated rings. The van der Waals surface area contributed by atoms with Crippen LogP contribution in [0.25, 0.3) is 0 Å². The predicted molar refractivity (Wildman–Crippen MR) is 72.4 cm³/mol. The molecule has 3 unspecified atom stereocenters. The molecule has 0 radical (unpaired) electrons. The SMILES string of the molecule is CCc1cc(CC(N)C2CCOC2CC)n(C)n1. The number of nitrogens with zero attached hydrogens (tertiary/aromatic N) is 2. The summed E-state index contributed by atoms with van der Waals surface area (Å²) in [7, 11) is 2.00. The van der Waals surface area contributed by atoms with E-state index in [2.05, 4.69) is 25.0 Å². The van der Waals surface area contributed by atoms with E-state index in [0.717, 1.165) is 38.0 Å². The molecule has 3 atom stereocenters. The first-order valence-electron chi connectivity index (χ1n) is 7.04. The van der Waals surface area contributed by atoms with Crippen molar-refractivity contribution in [2.24, 2.45) is 18.7 Å². The van der Waals surface area contributed by atoms with E-state index in [1.54, 1.807) is 0 Å². The predicted octanol–water partition coefficient (Wildman–Crippen LogP) is 1.67. The standard InChI is InChI=1S/C14H25N3O/c1-4-10-8-11(17(3)16-10)9-13(15)12-6-7-18-14(12)5-2/h8,12-14H,4-7,9,15H2,1-3H3. The third-order valence-electron chi connectivity index (χ3n) is 4.05. The monoisotopic (exact) mass is 251 g/mol. The van der Waals surface area contributed by atoms with Crippen molar-refractivity contribution in [1.29, 1.82) is 0 Å². The minimum Gasteiger partial charge on any atom is -0.378 e. The highest BCUT2D eigenvalue weighted by molar-refractivity contribution is 5.12. The van der Waals surface area contributed by atoms with Crippen LogP contribution in [0.5, 0.6) is 0 Å². The summed E-state index contributed by atoms with van der Waals surface area (Å²) in [5.74, 6) is 0.495. The number of nitrogens with two attached hydrogens (primary N) is 1. The number of hydrogen-bond donors (Lipinski definition) is 1. The number of aryl methyl sites for hydroxylation is 2. The van der Waals surface area contributed by atoms with Crippen LogP contribution in [0.3, 0.4) is 0 Å². The topological polar surface area (TPSA) is 53.1 Å². The lowest BCUT2D eigenvalue weighted by Gasteiger charge is -2.23. The molecule has 1 aromatic rings. The molecule has 0 bridgehead atoms. The zero-order chi connectivity index (χ0) is 13.1. The zero-order valence-electron chi connectivity index (χ0n) is 11.7. The zero-order valence-corrected chi connectivity index (χ0v) is 11.7. The summed E-state index contributed by atoms with van der Waals surface area (Å²) in [5.41, 5.74) is 8.76. The molecular formula is C14H25N3O. The molecule has 4 heteroatoms. The van der Waals surface area contributed by atoms with Gasteiger partial charge in [-0.15, -0.1) is 0 Å². The van der Waals surface area contributed by atoms with Crippen LogP contribution >= 0.6 is 0 Å². The largest absolute Gasteiger partial charge is 0.378 e. The Balaban J connectivity index is 2.01. The number of hydrogen-bond acceptors (Lipinski definition) is 3. The van der Waals surface area contributed by atoms with Crippen LogP contribution in [-0.4, -0.2) is 28.5 Å². The minimum atomic E-state index is 0.178. The lowest BCUT2D eigenvalue weighted by molar-refractivity contribution is 0.0812. The Morgan fingerprint density at radius 1 is 1.56 bits per heavy atom. The maximum Gasteiger partial charge on any atom is 0.0624 e. The number of aromatic nitrogens is 2. The van der Waals surface area contributed by atoms with Gasteiger partial charge in [0.2, 0.25) is 0 Å². The average Bonchev–Trinajstić information content (AvgIpc) is 2.96. The molecule has 2 N–H and O–H groups in total. The molecule has 0 aliphatic carbocycles. The molecule has 1 aromatic heterocycles. The van der Waals surface area contributed by atoms with Gasteiger partial charge in [-0.05, 0) is 25.3 Å². The summed E-state index contributed by atoms with van der Waals surface area (Å²) >= 11 is 0. The molecule has 4 nitrogen and oxygen atoms in total. The van der Waals surface area contributed by atoms with Crippen molar-refractivity contribution < 1.29 is 4.74 Å². The Labute approximate surface area is 110 Å². The average molecular weight is 251 g/mol. The summed E-state index contributed by atoms with van der Waals surface area (Å²) in [6.45, 7) is 5.17. The Morgan fingerprint density at radius 2 is 2.33 bits per heavy atom. The van der Waals surface area contributed by atoms with Gasteiger partial charge >= 0.3 is 0 Å². The first kappa shape index (κ1) is 13.6. The van der Waals surface area contributed by atoms with Gasteiger partial charge in [-0.2, -0.15) is 5.10 Å². The summed E-state index contributed by atoms with van der Waals surface area (Å²) in [6.07, 6.45) is 4.38. The Morgan fingerprint density at radius 3 is 2.94 bits per heavy atom. The maximum atomic E-state index is 6.38. The van der Waals surface area contributed by atoms with Crippen molar-refractivity contribution in [1.82, 2.24) is 9.78 Å². The van der Waals surface area contributed by atoms with E-state index < -0.39 is 0 Å². The summed E-state index contributed by atoms with van der Waals surface area (Å²) in [5, 5.41) is 4.48. The van der Waals surface area contributed by atoms with E-state index in [-0.39, 0.29) is 6.04 Å². The molecule has 2 rings (SSSR count). The number of ether oxygens (including phenoxy) is 1. The van der Waals surface area contributed by atoms with Crippen LogP contribution in [0.2, 0.25) is 0 Å². The van der Waals surface area contributed by atoms with Gasteiger partial charge in [0.05, 0.1) is 11.8 Å². The van der Waals surface area contributed by atoms with Crippen molar-refractivity contribution in [2.45, 2.75) is 51.7 Å². The molecule has 0 spiro atoms. The van der Waals surface area contributed by atoms with Gasteiger partial charge in [0.15, 0.2) is 0 Å². The molecule has 0 aromatic carbocycles. The third kappa shape index (κ3) is 2.75. The van der Waals surface area contributed by atoms with E-state index in [0.29, 0.717) is 12.0 Å². The van der Waals surface area contributed by atoms with Crippen LogP contribution in [0, 0.1) is 5.92 Å². The van der Waals surface area contributed by atoms with Crippen LogP contribution in [0.15, 0.2) is 6.07 Å². The fourth-order valence-corrected chi connectivity index (χ4v) is 2.90. The molecule has 0 amide bonds. The third-order valence-corrected chi connectivity index (χ3v) is 4.05. The van der Waals surface area contributed by atoms with Crippen LogP contribution in [0.4, 0.5) is 0 Å². The highest BCUT2D eigenvalue weighted by Gasteiger charge is 2.32. The van der Waals surface area contributed by atoms with Crippen molar-refractivity contribution in [3.63, 3.8) is 0 Å². The summed E-state index contributed by atoms with van der Waals surface area (Å²) in [4.78, 5) is 0. The lowest BCUT2D eigenvalue weighted by Crippen LogP contribution is -2.37. The summed E-state index contributed by atoms with van der Waals surface area (Å²) in [6, 6.07) is 2.36. The van der Waals surface area contributed by atoms with E-state index in [1.165, 1.54) is 5.69 Å².